The van der Waals surface area contributed by atoms with Crippen LogP contribution in [0.25, 0.3) is 0 Å². The maximum Gasteiger partial charge on any atom is 0.243 e. The number of carbonyl (C=O) groups excluding carboxylic acids is 1. The van der Waals surface area contributed by atoms with Gasteiger partial charge in [-0.05, 0) is 41.8 Å². The molecule has 0 atom stereocenters. The number of fused-ring (bicyclic) bond motifs is 1. The van der Waals surface area contributed by atoms with Gasteiger partial charge in [0.05, 0.1) is 18.8 Å². The Morgan fingerprint density at radius 1 is 1.25 bits per heavy atom. The summed E-state index contributed by atoms with van der Waals surface area (Å²) in [6.45, 7) is 5.79. The fourth-order valence-corrected chi connectivity index (χ4v) is 2.78. The van der Waals surface area contributed by atoms with Crippen molar-refractivity contribution in [1.29, 1.82) is 0 Å². The first-order valence-corrected chi connectivity index (χ1v) is 8.20. The standard InChI is InChI=1S/C19H23N3O2/c1-13(2)14-3-6-16(7-4-14)21-19(23)12-22-9-10-24-18-8-5-15(20)11-17(18)22/h3-8,11,13H,9-10,12,20H2,1-2H3,(H,21,23). The van der Waals surface area contributed by atoms with Crippen molar-refractivity contribution >= 4 is 23.0 Å². The van der Waals surface area contributed by atoms with E-state index >= 15 is 0 Å². The molecule has 3 rings (SSSR count). The van der Waals surface area contributed by atoms with Crippen molar-refractivity contribution in [2.75, 3.05) is 35.6 Å². The summed E-state index contributed by atoms with van der Waals surface area (Å²) in [5.41, 5.74) is 9.45. The summed E-state index contributed by atoms with van der Waals surface area (Å²) in [6.07, 6.45) is 0. The molecule has 5 nitrogen and oxygen atoms in total. The molecule has 1 aliphatic rings. The van der Waals surface area contributed by atoms with E-state index in [0.29, 0.717) is 24.8 Å². The van der Waals surface area contributed by atoms with Crippen LogP contribution in [0.2, 0.25) is 0 Å². The zero-order valence-electron chi connectivity index (χ0n) is 14.1. The fraction of sp³-hybridized carbons (Fsp3) is 0.316. The number of ether oxygens (including phenoxy) is 1. The molecule has 0 aliphatic carbocycles. The molecule has 0 spiro atoms. The van der Waals surface area contributed by atoms with Crippen molar-refractivity contribution < 1.29 is 9.53 Å². The van der Waals surface area contributed by atoms with Crippen LogP contribution in [-0.4, -0.2) is 25.6 Å². The summed E-state index contributed by atoms with van der Waals surface area (Å²) < 4.78 is 5.62. The Morgan fingerprint density at radius 2 is 2.00 bits per heavy atom. The molecule has 24 heavy (non-hydrogen) atoms. The van der Waals surface area contributed by atoms with E-state index in [1.54, 1.807) is 6.07 Å². The number of hydrogen-bond acceptors (Lipinski definition) is 4. The number of nitrogens with zero attached hydrogens (tertiary/aromatic N) is 1. The van der Waals surface area contributed by atoms with Gasteiger partial charge in [-0.15, -0.1) is 0 Å². The molecule has 0 radical (unpaired) electrons. The molecule has 0 aromatic heterocycles. The zero-order chi connectivity index (χ0) is 17.1. The van der Waals surface area contributed by atoms with Gasteiger partial charge in [-0.1, -0.05) is 26.0 Å². The van der Waals surface area contributed by atoms with Gasteiger partial charge in [0.1, 0.15) is 12.4 Å². The SMILES string of the molecule is CC(C)c1ccc(NC(=O)CN2CCOc3ccc(N)cc32)cc1. The molecule has 1 aliphatic heterocycles. The zero-order valence-corrected chi connectivity index (χ0v) is 14.1. The number of nitrogen functional groups attached to an aromatic ring is 1. The molecule has 126 valence electrons. The summed E-state index contributed by atoms with van der Waals surface area (Å²) in [4.78, 5) is 14.4. The lowest BCUT2D eigenvalue weighted by Crippen LogP contribution is -2.38. The van der Waals surface area contributed by atoms with Gasteiger partial charge in [0.15, 0.2) is 0 Å². The summed E-state index contributed by atoms with van der Waals surface area (Å²) in [5, 5.41) is 2.95. The highest BCUT2D eigenvalue weighted by atomic mass is 16.5. The van der Waals surface area contributed by atoms with Crippen LogP contribution in [0, 0.1) is 0 Å². The Hall–Kier alpha value is -2.69. The molecule has 0 bridgehead atoms. The Bertz CT molecular complexity index is 726. The minimum absolute atomic E-state index is 0.0532. The Kier molecular flexibility index (Phi) is 4.60. The third kappa shape index (κ3) is 3.62. The van der Waals surface area contributed by atoms with E-state index in [1.807, 2.05) is 41.3 Å². The van der Waals surface area contributed by atoms with Gasteiger partial charge in [0.2, 0.25) is 5.91 Å². The van der Waals surface area contributed by atoms with Crippen LogP contribution in [0.15, 0.2) is 42.5 Å². The fourth-order valence-electron chi connectivity index (χ4n) is 2.78. The van der Waals surface area contributed by atoms with Crippen LogP contribution in [-0.2, 0) is 4.79 Å². The normalized spacial score (nSPS) is 13.4. The first-order valence-electron chi connectivity index (χ1n) is 8.20. The molecule has 0 saturated heterocycles. The topological polar surface area (TPSA) is 67.6 Å². The molecule has 0 saturated carbocycles. The van der Waals surface area contributed by atoms with Gasteiger partial charge < -0.3 is 20.7 Å². The second-order valence-electron chi connectivity index (χ2n) is 6.32. The predicted molar refractivity (Wildman–Crippen MR) is 97.7 cm³/mol. The second kappa shape index (κ2) is 6.83. The third-order valence-electron chi connectivity index (χ3n) is 4.14. The van der Waals surface area contributed by atoms with E-state index in [-0.39, 0.29) is 12.5 Å². The quantitative estimate of drug-likeness (QED) is 0.847. The van der Waals surface area contributed by atoms with Crippen molar-refractivity contribution in [1.82, 2.24) is 0 Å². The number of rotatable bonds is 4. The summed E-state index contributed by atoms with van der Waals surface area (Å²) in [7, 11) is 0. The molecule has 2 aromatic rings. The lowest BCUT2D eigenvalue weighted by Gasteiger charge is -2.30. The molecule has 1 amide bonds. The Balaban J connectivity index is 1.66. The molecule has 1 heterocycles. The number of nitrogens with one attached hydrogen (secondary N) is 1. The number of benzene rings is 2. The van der Waals surface area contributed by atoms with E-state index in [4.69, 9.17) is 10.5 Å². The van der Waals surface area contributed by atoms with Crippen LogP contribution >= 0.6 is 0 Å². The molecular formula is C19H23N3O2. The van der Waals surface area contributed by atoms with E-state index < -0.39 is 0 Å². The summed E-state index contributed by atoms with van der Waals surface area (Å²) in [5.74, 6) is 1.19. The van der Waals surface area contributed by atoms with E-state index in [1.165, 1.54) is 5.56 Å². The summed E-state index contributed by atoms with van der Waals surface area (Å²) in [6, 6.07) is 13.5. The first kappa shape index (κ1) is 16.2. The van der Waals surface area contributed by atoms with Crippen molar-refractivity contribution in [2.45, 2.75) is 19.8 Å². The minimum Gasteiger partial charge on any atom is -0.490 e. The number of amides is 1. The average Bonchev–Trinajstić information content (AvgIpc) is 2.56. The highest BCUT2D eigenvalue weighted by Gasteiger charge is 2.20. The monoisotopic (exact) mass is 325 g/mol. The largest absolute Gasteiger partial charge is 0.490 e. The molecule has 3 N–H and O–H groups in total. The Labute approximate surface area is 142 Å². The number of nitrogens with two attached hydrogens (primary N) is 1. The number of carbonyl (C=O) groups is 1. The molecule has 2 aromatic carbocycles. The maximum absolute atomic E-state index is 12.4. The van der Waals surface area contributed by atoms with Gasteiger partial charge in [0, 0.05) is 11.4 Å². The van der Waals surface area contributed by atoms with E-state index in [9.17, 15) is 4.79 Å². The highest BCUT2D eigenvalue weighted by molar-refractivity contribution is 5.94. The smallest absolute Gasteiger partial charge is 0.243 e. The highest BCUT2D eigenvalue weighted by Crippen LogP contribution is 2.33. The predicted octanol–water partition coefficient (Wildman–Crippen LogP) is 3.23. The minimum atomic E-state index is -0.0532. The number of anilines is 3. The van der Waals surface area contributed by atoms with E-state index in [2.05, 4.69) is 19.2 Å². The third-order valence-corrected chi connectivity index (χ3v) is 4.14. The van der Waals surface area contributed by atoms with Crippen LogP contribution < -0.4 is 20.7 Å². The number of hydrogen-bond donors (Lipinski definition) is 2. The summed E-state index contributed by atoms with van der Waals surface area (Å²) >= 11 is 0. The van der Waals surface area contributed by atoms with Gasteiger partial charge in [0.25, 0.3) is 0 Å². The lowest BCUT2D eigenvalue weighted by atomic mass is 10.0. The van der Waals surface area contributed by atoms with Crippen molar-refractivity contribution in [3.05, 3.63) is 48.0 Å². The molecular weight excluding hydrogens is 302 g/mol. The van der Waals surface area contributed by atoms with Gasteiger partial charge in [-0.25, -0.2) is 0 Å². The molecule has 5 heteroatoms. The van der Waals surface area contributed by atoms with Gasteiger partial charge in [-0.3, -0.25) is 4.79 Å². The second-order valence-corrected chi connectivity index (χ2v) is 6.32. The van der Waals surface area contributed by atoms with Crippen LogP contribution in [0.4, 0.5) is 17.1 Å². The Morgan fingerprint density at radius 3 is 2.71 bits per heavy atom. The van der Waals surface area contributed by atoms with E-state index in [0.717, 1.165) is 17.1 Å². The van der Waals surface area contributed by atoms with Crippen molar-refractivity contribution in [3.8, 4) is 5.75 Å². The lowest BCUT2D eigenvalue weighted by molar-refractivity contribution is -0.115. The van der Waals surface area contributed by atoms with Gasteiger partial charge in [-0.2, -0.15) is 0 Å². The molecule has 0 fully saturated rings. The molecule has 0 unspecified atom stereocenters. The average molecular weight is 325 g/mol. The van der Waals surface area contributed by atoms with Crippen molar-refractivity contribution in [2.24, 2.45) is 0 Å². The maximum atomic E-state index is 12.4. The van der Waals surface area contributed by atoms with Crippen molar-refractivity contribution in [3.63, 3.8) is 0 Å². The van der Waals surface area contributed by atoms with Crippen LogP contribution in [0.3, 0.4) is 0 Å². The van der Waals surface area contributed by atoms with Crippen LogP contribution in [0.1, 0.15) is 25.3 Å². The van der Waals surface area contributed by atoms with Crippen LogP contribution in [0.5, 0.6) is 5.75 Å². The van der Waals surface area contributed by atoms with Gasteiger partial charge >= 0.3 is 0 Å². The first-order chi connectivity index (χ1) is 11.5.